The molecule has 0 saturated heterocycles. The summed E-state index contributed by atoms with van der Waals surface area (Å²) in [4.78, 5) is 23.3. The van der Waals surface area contributed by atoms with Gasteiger partial charge in [0.2, 0.25) is 5.91 Å². The quantitative estimate of drug-likeness (QED) is 0.637. The van der Waals surface area contributed by atoms with Gasteiger partial charge >= 0.3 is 5.97 Å². The van der Waals surface area contributed by atoms with Crippen molar-refractivity contribution < 1.29 is 18.7 Å². The molecule has 94 valence electrons. The summed E-state index contributed by atoms with van der Waals surface area (Å²) < 4.78 is 9.76. The van der Waals surface area contributed by atoms with Gasteiger partial charge in [0, 0.05) is 17.6 Å². The lowest BCUT2D eigenvalue weighted by Gasteiger charge is -2.14. The van der Waals surface area contributed by atoms with Gasteiger partial charge in [0.05, 0.1) is 13.4 Å². The van der Waals surface area contributed by atoms with Crippen molar-refractivity contribution in [2.24, 2.45) is 0 Å². The highest BCUT2D eigenvalue weighted by Gasteiger charge is 2.20. The van der Waals surface area contributed by atoms with E-state index in [-0.39, 0.29) is 5.91 Å². The van der Waals surface area contributed by atoms with Gasteiger partial charge in [-0.15, -0.1) is 11.8 Å². The molecule has 1 heterocycles. The summed E-state index contributed by atoms with van der Waals surface area (Å²) in [5.74, 6) is 0.493. The molecule has 6 heteroatoms. The van der Waals surface area contributed by atoms with E-state index in [1.807, 2.05) is 13.0 Å². The number of methoxy groups -OCH3 is 1. The van der Waals surface area contributed by atoms with E-state index in [1.54, 1.807) is 6.26 Å². The summed E-state index contributed by atoms with van der Waals surface area (Å²) in [5.41, 5.74) is 0. The minimum Gasteiger partial charge on any atom is -0.468 e. The molecule has 17 heavy (non-hydrogen) atoms. The fourth-order valence-corrected chi connectivity index (χ4v) is 2.22. The summed E-state index contributed by atoms with van der Waals surface area (Å²) >= 11 is 1.44. The van der Waals surface area contributed by atoms with Crippen LogP contribution in [0.1, 0.15) is 12.7 Å². The third kappa shape index (κ3) is 4.14. The number of hydrogen-bond donors (Lipinski definition) is 1. The summed E-state index contributed by atoms with van der Waals surface area (Å²) in [5, 5.41) is 2.55. The van der Waals surface area contributed by atoms with Crippen molar-refractivity contribution in [3.8, 4) is 0 Å². The summed E-state index contributed by atoms with van der Waals surface area (Å²) in [6.07, 6.45) is 1.59. The maximum Gasteiger partial charge on any atom is 0.329 e. The molecule has 0 radical (unpaired) electrons. The van der Waals surface area contributed by atoms with Crippen LogP contribution in [0.4, 0.5) is 0 Å². The van der Waals surface area contributed by atoms with E-state index < -0.39 is 12.0 Å². The topological polar surface area (TPSA) is 68.5 Å². The zero-order chi connectivity index (χ0) is 12.8. The van der Waals surface area contributed by atoms with E-state index in [0.717, 1.165) is 10.7 Å². The van der Waals surface area contributed by atoms with Crippen molar-refractivity contribution in [1.29, 1.82) is 0 Å². The second-order valence-corrected chi connectivity index (χ2v) is 4.49. The number of hydrogen-bond acceptors (Lipinski definition) is 5. The van der Waals surface area contributed by atoms with Crippen LogP contribution in [0.25, 0.3) is 0 Å². The molecule has 1 unspecified atom stereocenters. The summed E-state index contributed by atoms with van der Waals surface area (Å²) in [6.45, 7) is 3.21. The number of nitrogens with one attached hydrogen (secondary N) is 1. The van der Waals surface area contributed by atoms with Gasteiger partial charge in [-0.3, -0.25) is 4.79 Å². The lowest BCUT2D eigenvalue weighted by Crippen LogP contribution is -2.42. The molecule has 5 nitrogen and oxygen atoms in total. The van der Waals surface area contributed by atoms with Crippen LogP contribution >= 0.6 is 11.8 Å². The van der Waals surface area contributed by atoms with Gasteiger partial charge in [-0.2, -0.15) is 0 Å². The fraction of sp³-hybridized carbons (Fsp3) is 0.455. The third-order valence-corrected chi connectivity index (χ3v) is 3.31. The highest BCUT2D eigenvalue weighted by Crippen LogP contribution is 2.23. The number of aryl methyl sites for hydroxylation is 1. The molecule has 0 aliphatic heterocycles. The molecule has 0 saturated carbocycles. The van der Waals surface area contributed by atoms with Crippen LogP contribution in [-0.2, 0) is 14.3 Å². The predicted molar refractivity (Wildman–Crippen MR) is 63.8 cm³/mol. The summed E-state index contributed by atoms with van der Waals surface area (Å²) in [6, 6.07) is 1.18. The van der Waals surface area contributed by atoms with E-state index in [1.165, 1.54) is 25.8 Å². The molecule has 1 amide bonds. The fourth-order valence-electron chi connectivity index (χ4n) is 1.25. The van der Waals surface area contributed by atoms with Gasteiger partial charge in [0.15, 0.2) is 0 Å². The second kappa shape index (κ2) is 6.34. The molecule has 1 atom stereocenters. The average Bonchev–Trinajstić information content (AvgIpc) is 2.68. The normalized spacial score (nSPS) is 11.9. The molecule has 0 aliphatic rings. The molecule has 0 aliphatic carbocycles. The Morgan fingerprint density at radius 1 is 1.59 bits per heavy atom. The van der Waals surface area contributed by atoms with Crippen LogP contribution in [0.5, 0.6) is 0 Å². The van der Waals surface area contributed by atoms with Crippen molar-refractivity contribution in [1.82, 2.24) is 5.32 Å². The highest BCUT2D eigenvalue weighted by atomic mass is 32.2. The van der Waals surface area contributed by atoms with Crippen LogP contribution in [0, 0.1) is 6.92 Å². The lowest BCUT2D eigenvalue weighted by atomic mass is 10.3. The van der Waals surface area contributed by atoms with Gasteiger partial charge in [0.25, 0.3) is 0 Å². The van der Waals surface area contributed by atoms with E-state index in [2.05, 4.69) is 10.1 Å². The van der Waals surface area contributed by atoms with E-state index in [0.29, 0.717) is 5.75 Å². The number of rotatable bonds is 5. The Morgan fingerprint density at radius 2 is 2.29 bits per heavy atom. The first-order valence-electron chi connectivity index (χ1n) is 5.06. The second-order valence-electron chi connectivity index (χ2n) is 3.43. The molecular weight excluding hydrogens is 242 g/mol. The maximum atomic E-state index is 11.4. The first-order chi connectivity index (χ1) is 8.04. The molecule has 0 fully saturated rings. The number of furan rings is 1. The van der Waals surface area contributed by atoms with Gasteiger partial charge in [-0.25, -0.2) is 4.79 Å². The largest absolute Gasteiger partial charge is 0.468 e. The van der Waals surface area contributed by atoms with Crippen molar-refractivity contribution >= 4 is 23.6 Å². The van der Waals surface area contributed by atoms with Crippen LogP contribution in [0.3, 0.4) is 0 Å². The van der Waals surface area contributed by atoms with Crippen molar-refractivity contribution in [2.45, 2.75) is 24.8 Å². The molecule has 0 spiro atoms. The zero-order valence-corrected chi connectivity index (χ0v) is 10.8. The molecule has 1 rings (SSSR count). The molecule has 1 aromatic heterocycles. The van der Waals surface area contributed by atoms with Crippen LogP contribution in [0.15, 0.2) is 21.6 Å². The van der Waals surface area contributed by atoms with Gasteiger partial charge in [0.1, 0.15) is 11.8 Å². The van der Waals surface area contributed by atoms with Gasteiger partial charge in [-0.1, -0.05) is 0 Å². The van der Waals surface area contributed by atoms with E-state index in [9.17, 15) is 9.59 Å². The van der Waals surface area contributed by atoms with Gasteiger partial charge in [-0.05, 0) is 13.0 Å². The monoisotopic (exact) mass is 257 g/mol. The maximum absolute atomic E-state index is 11.4. The molecule has 1 aromatic rings. The van der Waals surface area contributed by atoms with E-state index in [4.69, 9.17) is 4.42 Å². The zero-order valence-electron chi connectivity index (χ0n) is 9.98. The number of thioether (sulfide) groups is 1. The van der Waals surface area contributed by atoms with Crippen LogP contribution in [0.2, 0.25) is 0 Å². The minimum atomic E-state index is -0.642. The van der Waals surface area contributed by atoms with Crippen molar-refractivity contribution in [3.05, 3.63) is 18.1 Å². The Morgan fingerprint density at radius 3 is 2.76 bits per heavy atom. The number of esters is 1. The Kier molecular flexibility index (Phi) is 5.09. The molecule has 0 aromatic carbocycles. The van der Waals surface area contributed by atoms with Gasteiger partial charge < -0.3 is 14.5 Å². The van der Waals surface area contributed by atoms with Crippen molar-refractivity contribution in [2.75, 3.05) is 12.9 Å². The standard InChI is InChI=1S/C11H15NO4S/c1-7-10(4-5-16-7)17-6-9(11(14)15-3)12-8(2)13/h4-5,9H,6H2,1-3H3,(H,12,13). The number of carbonyl (C=O) groups excluding carboxylic acids is 2. The Hall–Kier alpha value is -1.43. The molecular formula is C11H15NO4S. The smallest absolute Gasteiger partial charge is 0.329 e. The van der Waals surface area contributed by atoms with E-state index >= 15 is 0 Å². The van der Waals surface area contributed by atoms with Crippen LogP contribution < -0.4 is 5.32 Å². The average molecular weight is 257 g/mol. The first kappa shape index (κ1) is 13.6. The van der Waals surface area contributed by atoms with Crippen molar-refractivity contribution in [3.63, 3.8) is 0 Å². The highest BCUT2D eigenvalue weighted by molar-refractivity contribution is 7.99. The third-order valence-electron chi connectivity index (χ3n) is 2.08. The Bertz CT molecular complexity index is 402. The Labute approximate surface area is 104 Å². The molecule has 1 N–H and O–H groups in total. The number of ether oxygens (including phenoxy) is 1. The lowest BCUT2D eigenvalue weighted by molar-refractivity contribution is -0.144. The number of amides is 1. The van der Waals surface area contributed by atoms with Crippen LogP contribution in [-0.4, -0.2) is 30.8 Å². The minimum absolute atomic E-state index is 0.259. The number of carbonyl (C=O) groups is 2. The predicted octanol–water partition coefficient (Wildman–Crippen LogP) is 1.36. The first-order valence-corrected chi connectivity index (χ1v) is 6.05. The molecule has 0 bridgehead atoms. The SMILES string of the molecule is COC(=O)C(CSc1ccoc1C)NC(C)=O. The summed E-state index contributed by atoms with van der Waals surface area (Å²) in [7, 11) is 1.30. The Balaban J connectivity index is 2.58.